The van der Waals surface area contributed by atoms with Crippen molar-refractivity contribution in [2.24, 2.45) is 5.41 Å². The molecule has 0 aromatic heterocycles. The van der Waals surface area contributed by atoms with Gasteiger partial charge in [0.15, 0.2) is 0 Å². The lowest BCUT2D eigenvalue weighted by Crippen LogP contribution is -2.13. The maximum atomic E-state index is 11.3. The molecule has 0 fully saturated rings. The molecule has 6 nitrogen and oxygen atoms in total. The molecule has 0 aliphatic rings. The van der Waals surface area contributed by atoms with Gasteiger partial charge in [0, 0.05) is 5.57 Å². The van der Waals surface area contributed by atoms with Gasteiger partial charge in [0.05, 0.1) is 11.6 Å². The summed E-state index contributed by atoms with van der Waals surface area (Å²) < 4.78 is 4.37. The number of rotatable bonds is 4. The molecule has 0 unspecified atom stereocenters. The van der Waals surface area contributed by atoms with Crippen molar-refractivity contribution in [3.8, 4) is 0 Å². The summed E-state index contributed by atoms with van der Waals surface area (Å²) in [4.78, 5) is 30.2. The highest BCUT2D eigenvalue weighted by Crippen LogP contribution is 2.17. The third-order valence-corrected chi connectivity index (χ3v) is 1.45. The normalized spacial score (nSPS) is 11.9. The van der Waals surface area contributed by atoms with Crippen LogP contribution in [0.3, 0.4) is 0 Å². The first-order valence-corrected chi connectivity index (χ1v) is 5.18. The molecule has 0 rings (SSSR count). The number of allylic oxidation sites excluding steroid dienone is 1. The smallest absolute Gasteiger partial charge is 0.433 e. The Morgan fingerprint density at radius 2 is 1.76 bits per heavy atom. The highest BCUT2D eigenvalue weighted by Gasteiger charge is 2.14. The zero-order valence-corrected chi connectivity index (χ0v) is 10.7. The minimum atomic E-state index is -1.07. The number of hydrogen-bond donors (Lipinski definition) is 0. The van der Waals surface area contributed by atoms with Gasteiger partial charge in [-0.2, -0.15) is 0 Å². The van der Waals surface area contributed by atoms with Crippen LogP contribution in [0.2, 0.25) is 0 Å². The van der Waals surface area contributed by atoms with Gasteiger partial charge in [0.25, 0.3) is 0 Å². The second-order valence-electron chi connectivity index (χ2n) is 4.40. The number of carbonyl (C=O) groups is 2. The molecule has 0 radical (unpaired) electrons. The predicted molar refractivity (Wildman–Crippen MR) is 58.5 cm³/mol. The van der Waals surface area contributed by atoms with E-state index in [0.717, 1.165) is 0 Å². The monoisotopic (exact) mass is 246 g/mol. The van der Waals surface area contributed by atoms with E-state index in [4.69, 9.17) is 0 Å². The zero-order valence-electron chi connectivity index (χ0n) is 10.7. The molecule has 0 N–H and O–H groups in total. The summed E-state index contributed by atoms with van der Waals surface area (Å²) in [7, 11) is 0. The maximum absolute atomic E-state index is 11.3. The molecule has 0 spiro atoms. The minimum Gasteiger partial charge on any atom is -0.433 e. The van der Waals surface area contributed by atoms with Crippen LogP contribution in [0.5, 0.6) is 0 Å². The molecule has 0 heterocycles. The maximum Gasteiger partial charge on any atom is 0.543 e. The summed E-state index contributed by atoms with van der Waals surface area (Å²) in [6.07, 6.45) is 0.640. The molecule has 0 aliphatic heterocycles. The van der Waals surface area contributed by atoms with Crippen molar-refractivity contribution in [1.29, 1.82) is 0 Å². The Morgan fingerprint density at radius 1 is 1.18 bits per heavy atom. The summed E-state index contributed by atoms with van der Waals surface area (Å²) in [6, 6.07) is 0. The quantitative estimate of drug-likeness (QED) is 0.328. The van der Waals surface area contributed by atoms with Crippen LogP contribution in [-0.2, 0) is 24.3 Å². The van der Waals surface area contributed by atoms with Gasteiger partial charge in [-0.1, -0.05) is 26.8 Å². The van der Waals surface area contributed by atoms with Gasteiger partial charge in [-0.15, -0.1) is 0 Å². The van der Waals surface area contributed by atoms with E-state index in [1.54, 1.807) is 19.9 Å². The van der Waals surface area contributed by atoms with Crippen LogP contribution in [0.15, 0.2) is 11.6 Å². The number of carbonyl (C=O) groups excluding carboxylic acids is 2. The Morgan fingerprint density at radius 3 is 2.24 bits per heavy atom. The molecule has 17 heavy (non-hydrogen) atoms. The van der Waals surface area contributed by atoms with Gasteiger partial charge in [0.1, 0.15) is 0 Å². The Balaban J connectivity index is 4.03. The third-order valence-electron chi connectivity index (χ3n) is 1.45. The van der Waals surface area contributed by atoms with Crippen LogP contribution < -0.4 is 0 Å². The van der Waals surface area contributed by atoms with E-state index in [1.807, 2.05) is 20.8 Å². The summed E-state index contributed by atoms with van der Waals surface area (Å²) in [5, 5.41) is 3.98. The lowest BCUT2D eigenvalue weighted by Gasteiger charge is -2.12. The molecule has 0 aromatic rings. The standard InChI is InChI=1S/C11H18O6/c1-6-14-10(13)16-17-15-9(12)8(2)7-11(3,4)5/h7H,6H2,1-5H3/b8-7-. The van der Waals surface area contributed by atoms with E-state index >= 15 is 0 Å². The van der Waals surface area contributed by atoms with Crippen molar-refractivity contribution in [1.82, 2.24) is 0 Å². The predicted octanol–water partition coefficient (Wildman–Crippen LogP) is 2.54. The van der Waals surface area contributed by atoms with E-state index in [9.17, 15) is 9.59 Å². The topological polar surface area (TPSA) is 71.1 Å². The average Bonchev–Trinajstić information content (AvgIpc) is 2.15. The van der Waals surface area contributed by atoms with Gasteiger partial charge in [0.2, 0.25) is 0 Å². The van der Waals surface area contributed by atoms with Crippen molar-refractivity contribution >= 4 is 12.1 Å². The molecule has 98 valence electrons. The van der Waals surface area contributed by atoms with Crippen LogP contribution in [0.4, 0.5) is 4.79 Å². The van der Waals surface area contributed by atoms with E-state index in [1.165, 1.54) is 0 Å². The second kappa shape index (κ2) is 6.90. The van der Waals surface area contributed by atoms with Crippen molar-refractivity contribution in [3.63, 3.8) is 0 Å². The number of ether oxygens (including phenoxy) is 1. The fourth-order valence-corrected chi connectivity index (χ4v) is 0.992. The molecular formula is C11H18O6. The Kier molecular flexibility index (Phi) is 6.27. The molecule has 0 saturated heterocycles. The largest absolute Gasteiger partial charge is 0.543 e. The van der Waals surface area contributed by atoms with Crippen LogP contribution >= 0.6 is 0 Å². The average molecular weight is 246 g/mol. The third kappa shape index (κ3) is 8.27. The highest BCUT2D eigenvalue weighted by molar-refractivity contribution is 5.87. The van der Waals surface area contributed by atoms with Gasteiger partial charge < -0.3 is 4.74 Å². The first-order chi connectivity index (χ1) is 7.76. The van der Waals surface area contributed by atoms with E-state index in [2.05, 4.69) is 19.6 Å². The fraction of sp³-hybridized carbons (Fsp3) is 0.636. The van der Waals surface area contributed by atoms with Gasteiger partial charge in [-0.3, -0.25) is 4.89 Å². The molecule has 0 amide bonds. The van der Waals surface area contributed by atoms with Gasteiger partial charge >= 0.3 is 12.1 Å². The molecule has 0 aliphatic carbocycles. The lowest BCUT2D eigenvalue weighted by atomic mass is 9.94. The Hall–Kier alpha value is -1.56. The molecule has 6 heteroatoms. The van der Waals surface area contributed by atoms with Gasteiger partial charge in [-0.25, -0.2) is 14.5 Å². The first kappa shape index (κ1) is 15.4. The molecule has 0 bridgehead atoms. The van der Waals surface area contributed by atoms with Crippen LogP contribution in [0, 0.1) is 5.41 Å². The summed E-state index contributed by atoms with van der Waals surface area (Å²) in [6.45, 7) is 9.10. The van der Waals surface area contributed by atoms with E-state index in [0.29, 0.717) is 5.57 Å². The van der Waals surface area contributed by atoms with Crippen LogP contribution in [-0.4, -0.2) is 18.7 Å². The summed E-state index contributed by atoms with van der Waals surface area (Å²) in [5.74, 6) is -0.732. The Labute approximate surface area is 100 Å². The molecule has 0 aromatic carbocycles. The first-order valence-electron chi connectivity index (χ1n) is 5.18. The Bertz CT molecular complexity index is 300. The van der Waals surface area contributed by atoms with Crippen LogP contribution in [0.25, 0.3) is 0 Å². The van der Waals surface area contributed by atoms with Crippen molar-refractivity contribution in [2.45, 2.75) is 34.6 Å². The summed E-state index contributed by atoms with van der Waals surface area (Å²) in [5.41, 5.74) is 0.190. The van der Waals surface area contributed by atoms with Crippen molar-refractivity contribution in [3.05, 3.63) is 11.6 Å². The lowest BCUT2D eigenvalue weighted by molar-refractivity contribution is -0.457. The zero-order chi connectivity index (χ0) is 13.5. The molecule has 0 saturated carbocycles. The van der Waals surface area contributed by atoms with E-state index < -0.39 is 12.1 Å². The second-order valence-corrected chi connectivity index (χ2v) is 4.40. The van der Waals surface area contributed by atoms with E-state index in [-0.39, 0.29) is 12.0 Å². The number of hydrogen-bond acceptors (Lipinski definition) is 6. The van der Waals surface area contributed by atoms with Crippen LogP contribution in [0.1, 0.15) is 34.6 Å². The highest BCUT2D eigenvalue weighted by atomic mass is 17.5. The van der Waals surface area contributed by atoms with Crippen molar-refractivity contribution < 1.29 is 29.1 Å². The van der Waals surface area contributed by atoms with Gasteiger partial charge in [-0.05, 0) is 19.3 Å². The SMILES string of the molecule is CCOC(=O)OOOC(=O)/C(C)=C\C(C)(C)C. The molecule has 0 atom stereocenters. The minimum absolute atomic E-state index is 0.138. The molecular weight excluding hydrogens is 228 g/mol. The van der Waals surface area contributed by atoms with Crippen molar-refractivity contribution in [2.75, 3.05) is 6.61 Å². The fourth-order valence-electron chi connectivity index (χ4n) is 0.992. The summed E-state index contributed by atoms with van der Waals surface area (Å²) >= 11 is 0.